The number of benzene rings is 1. The van der Waals surface area contributed by atoms with Gasteiger partial charge in [0.05, 0.1) is 11.8 Å². The molecule has 1 unspecified atom stereocenters. The molecule has 0 saturated heterocycles. The van der Waals surface area contributed by atoms with Gasteiger partial charge in [0.15, 0.2) is 0 Å². The Kier molecular flexibility index (Phi) is 2.95. The molecule has 4 nitrogen and oxygen atoms in total. The molecule has 5 heteroatoms. The highest BCUT2D eigenvalue weighted by molar-refractivity contribution is 8.00. The first-order chi connectivity index (χ1) is 7.16. The minimum Gasteiger partial charge on any atom is -0.784 e. The molecule has 0 fully saturated rings. The molecular weight excluding hydrogens is 214 g/mol. The van der Waals surface area contributed by atoms with E-state index in [0.29, 0.717) is 0 Å². The van der Waals surface area contributed by atoms with Crippen LogP contribution in [0, 0.1) is 5.21 Å². The van der Waals surface area contributed by atoms with Crippen molar-refractivity contribution in [1.29, 1.82) is 0 Å². The first-order valence-corrected chi connectivity index (χ1v) is 5.45. The van der Waals surface area contributed by atoms with Gasteiger partial charge < -0.3 is 15.4 Å². The molecule has 1 aliphatic heterocycles. The van der Waals surface area contributed by atoms with Crippen LogP contribution in [0.1, 0.15) is 12.0 Å². The van der Waals surface area contributed by atoms with E-state index in [1.165, 1.54) is 11.8 Å². The molecular formula is C10H10NO3S-. The highest BCUT2D eigenvalue weighted by Crippen LogP contribution is 2.36. The van der Waals surface area contributed by atoms with Gasteiger partial charge >= 0.3 is 5.97 Å². The van der Waals surface area contributed by atoms with Crippen LogP contribution in [-0.2, 0) is 11.3 Å². The van der Waals surface area contributed by atoms with Gasteiger partial charge in [-0.25, -0.2) is 0 Å². The normalized spacial score (nSPS) is 21.0. The van der Waals surface area contributed by atoms with E-state index in [9.17, 15) is 10.0 Å². The number of hydrogen-bond acceptors (Lipinski definition) is 4. The van der Waals surface area contributed by atoms with Crippen molar-refractivity contribution in [2.24, 2.45) is 0 Å². The van der Waals surface area contributed by atoms with Crippen molar-refractivity contribution in [2.75, 3.05) is 0 Å². The predicted molar refractivity (Wildman–Crippen MR) is 57.2 cm³/mol. The number of rotatable bonds is 2. The van der Waals surface area contributed by atoms with Crippen molar-refractivity contribution >= 4 is 17.7 Å². The first kappa shape index (κ1) is 10.5. The summed E-state index contributed by atoms with van der Waals surface area (Å²) < 4.78 is 0. The third-order valence-corrected chi connectivity index (χ3v) is 3.56. The van der Waals surface area contributed by atoms with Crippen LogP contribution in [0.4, 0.5) is 0 Å². The van der Waals surface area contributed by atoms with Crippen LogP contribution in [0.5, 0.6) is 0 Å². The summed E-state index contributed by atoms with van der Waals surface area (Å²) in [7, 11) is 0. The molecule has 0 aromatic heterocycles. The number of hydroxylamine groups is 2. The van der Waals surface area contributed by atoms with Crippen LogP contribution in [0.25, 0.3) is 0 Å². The number of fused-ring (bicyclic) bond motifs is 1. The van der Waals surface area contributed by atoms with Crippen molar-refractivity contribution in [3.8, 4) is 0 Å². The topological polar surface area (TPSA) is 63.6 Å². The molecule has 1 aromatic carbocycles. The predicted octanol–water partition coefficient (Wildman–Crippen LogP) is 1.89. The number of carbonyl (C=O) groups is 1. The fraction of sp³-hybridized carbons (Fsp3) is 0.300. The Morgan fingerprint density at radius 1 is 1.60 bits per heavy atom. The number of thioether (sulfide) groups is 1. The van der Waals surface area contributed by atoms with Gasteiger partial charge in [-0.15, -0.1) is 11.8 Å². The first-order valence-electron chi connectivity index (χ1n) is 4.57. The molecule has 1 aliphatic rings. The van der Waals surface area contributed by atoms with Crippen molar-refractivity contribution in [1.82, 2.24) is 5.06 Å². The fourth-order valence-corrected chi connectivity index (χ4v) is 2.67. The van der Waals surface area contributed by atoms with Crippen molar-refractivity contribution < 1.29 is 9.90 Å². The Hall–Kier alpha value is -1.04. The summed E-state index contributed by atoms with van der Waals surface area (Å²) in [5, 5.41) is 20.5. The van der Waals surface area contributed by atoms with E-state index in [0.717, 1.165) is 15.5 Å². The summed E-state index contributed by atoms with van der Waals surface area (Å²) in [6.07, 6.45) is -0.123. The molecule has 2 rings (SSSR count). The third kappa shape index (κ3) is 2.31. The fourth-order valence-electron chi connectivity index (χ4n) is 1.52. The number of nitrogens with zero attached hydrogens (tertiary/aromatic N) is 1. The van der Waals surface area contributed by atoms with Gasteiger partial charge in [-0.05, 0) is 11.6 Å². The lowest BCUT2D eigenvalue weighted by molar-refractivity contribution is -0.137. The Labute approximate surface area is 91.5 Å². The zero-order chi connectivity index (χ0) is 10.8. The number of carboxylic acid groups (broad SMARTS) is 1. The van der Waals surface area contributed by atoms with Gasteiger partial charge in [-0.2, -0.15) is 0 Å². The zero-order valence-corrected chi connectivity index (χ0v) is 8.74. The molecule has 1 N–H and O–H groups in total. The van der Waals surface area contributed by atoms with Crippen LogP contribution in [0.3, 0.4) is 0 Å². The van der Waals surface area contributed by atoms with Crippen LogP contribution < -0.4 is 0 Å². The molecule has 0 bridgehead atoms. The Balaban J connectivity index is 2.18. The number of aliphatic carboxylic acids is 1. The molecule has 0 spiro atoms. The average molecular weight is 224 g/mol. The monoisotopic (exact) mass is 224 g/mol. The molecule has 0 radical (unpaired) electrons. The summed E-state index contributed by atoms with van der Waals surface area (Å²) >= 11 is 1.33. The quantitative estimate of drug-likeness (QED) is 0.831. The zero-order valence-electron chi connectivity index (χ0n) is 7.92. The second-order valence-electron chi connectivity index (χ2n) is 3.35. The largest absolute Gasteiger partial charge is 0.784 e. The van der Waals surface area contributed by atoms with Crippen molar-refractivity contribution in [3.63, 3.8) is 0 Å². The second kappa shape index (κ2) is 4.22. The maximum atomic E-state index is 11.5. The molecule has 0 saturated carbocycles. The minimum absolute atomic E-state index is 0.123. The van der Waals surface area contributed by atoms with E-state index in [1.807, 2.05) is 24.3 Å². The van der Waals surface area contributed by atoms with Crippen molar-refractivity contribution in [3.05, 3.63) is 35.0 Å². The molecule has 1 aromatic rings. The summed E-state index contributed by atoms with van der Waals surface area (Å²) in [4.78, 5) is 11.6. The summed E-state index contributed by atoms with van der Waals surface area (Å²) in [6, 6.07) is 7.58. The van der Waals surface area contributed by atoms with Gasteiger partial charge in [-0.3, -0.25) is 4.79 Å². The average Bonchev–Trinajstić information content (AvgIpc) is 2.18. The van der Waals surface area contributed by atoms with Crippen LogP contribution in [-0.4, -0.2) is 21.5 Å². The van der Waals surface area contributed by atoms with Crippen LogP contribution >= 0.6 is 11.8 Å². The van der Waals surface area contributed by atoms with Gasteiger partial charge in [0.1, 0.15) is 0 Å². The summed E-state index contributed by atoms with van der Waals surface area (Å²) in [5.41, 5.74) is 0.971. The molecule has 0 amide bonds. The molecule has 15 heavy (non-hydrogen) atoms. The SMILES string of the molecule is O=C(O)CC1Sc2ccccc2CN1[O-]. The Morgan fingerprint density at radius 3 is 3.07 bits per heavy atom. The van der Waals surface area contributed by atoms with E-state index < -0.39 is 11.3 Å². The molecule has 1 heterocycles. The Morgan fingerprint density at radius 2 is 2.33 bits per heavy atom. The maximum Gasteiger partial charge on any atom is 0.305 e. The van der Waals surface area contributed by atoms with E-state index in [4.69, 9.17) is 5.11 Å². The minimum atomic E-state index is -0.937. The van der Waals surface area contributed by atoms with Gasteiger partial charge in [-0.1, -0.05) is 18.2 Å². The smallest absolute Gasteiger partial charge is 0.305 e. The second-order valence-corrected chi connectivity index (χ2v) is 4.57. The van der Waals surface area contributed by atoms with Crippen molar-refractivity contribution in [2.45, 2.75) is 23.2 Å². The highest BCUT2D eigenvalue weighted by Gasteiger charge is 2.22. The number of hydrogen-bond donors (Lipinski definition) is 1. The maximum absolute atomic E-state index is 11.5. The highest BCUT2D eigenvalue weighted by atomic mass is 32.2. The van der Waals surface area contributed by atoms with Crippen LogP contribution in [0.15, 0.2) is 29.2 Å². The van der Waals surface area contributed by atoms with E-state index in [2.05, 4.69) is 0 Å². The van der Waals surface area contributed by atoms with Gasteiger partial charge in [0, 0.05) is 11.4 Å². The van der Waals surface area contributed by atoms with Gasteiger partial charge in [0.2, 0.25) is 0 Å². The lowest BCUT2D eigenvalue weighted by Crippen LogP contribution is -2.32. The summed E-state index contributed by atoms with van der Waals surface area (Å²) in [5.74, 6) is -0.937. The molecule has 1 atom stereocenters. The number of carboxylic acids is 1. The van der Waals surface area contributed by atoms with Crippen LogP contribution in [0.2, 0.25) is 0 Å². The molecule has 0 aliphatic carbocycles. The standard InChI is InChI=1S/C10H10NO3S/c12-10(13)5-9-11(14)6-7-3-1-2-4-8(7)15-9/h1-4,9H,5-6H2,(H,12,13)/q-1. The lowest BCUT2D eigenvalue weighted by atomic mass is 10.2. The summed E-state index contributed by atoms with van der Waals surface area (Å²) in [6.45, 7) is 0.279. The van der Waals surface area contributed by atoms with E-state index in [1.54, 1.807) is 0 Å². The van der Waals surface area contributed by atoms with E-state index in [-0.39, 0.29) is 13.0 Å². The molecule has 80 valence electrons. The third-order valence-electron chi connectivity index (χ3n) is 2.23. The van der Waals surface area contributed by atoms with Gasteiger partial charge in [0.25, 0.3) is 0 Å². The lowest BCUT2D eigenvalue weighted by Gasteiger charge is -2.40. The van der Waals surface area contributed by atoms with E-state index >= 15 is 0 Å². The Bertz CT molecular complexity index is 383.